The maximum atomic E-state index is 12.9. The van der Waals surface area contributed by atoms with Gasteiger partial charge in [0.15, 0.2) is 0 Å². The van der Waals surface area contributed by atoms with E-state index in [0.29, 0.717) is 21.5 Å². The van der Waals surface area contributed by atoms with E-state index in [4.69, 9.17) is 11.6 Å². The van der Waals surface area contributed by atoms with E-state index in [9.17, 15) is 13.2 Å². The van der Waals surface area contributed by atoms with E-state index >= 15 is 0 Å². The van der Waals surface area contributed by atoms with Crippen molar-refractivity contribution in [3.8, 4) is 0 Å². The molecule has 5 nitrogen and oxygen atoms in total. The number of ketones is 1. The number of carbonyl (C=O) groups is 1. The lowest BCUT2D eigenvalue weighted by molar-refractivity contribution is 0.103. The van der Waals surface area contributed by atoms with Gasteiger partial charge in [-0.2, -0.15) is 12.8 Å². The van der Waals surface area contributed by atoms with Crippen molar-refractivity contribution in [1.82, 2.24) is 4.98 Å². The minimum Gasteiger partial charge on any atom is -0.352 e. The quantitative estimate of drug-likeness (QED) is 0.497. The molecule has 1 N–H and O–H groups in total. The van der Waals surface area contributed by atoms with Gasteiger partial charge < -0.3 is 4.98 Å². The number of rotatable bonds is 4. The van der Waals surface area contributed by atoms with Crippen molar-refractivity contribution in [2.75, 3.05) is 0 Å². The monoisotopic (exact) mass is 422 g/mol. The van der Waals surface area contributed by atoms with E-state index in [2.05, 4.69) is 9.38 Å². The highest BCUT2D eigenvalue weighted by molar-refractivity contribution is 7.90. The van der Waals surface area contributed by atoms with Crippen molar-refractivity contribution in [2.45, 2.75) is 4.90 Å². The zero-order chi connectivity index (χ0) is 20.4. The summed E-state index contributed by atoms with van der Waals surface area (Å²) in [5.74, 6) is -0.277. The summed E-state index contributed by atoms with van der Waals surface area (Å²) in [6.07, 6.45) is 0. The summed E-state index contributed by atoms with van der Waals surface area (Å²) in [6.45, 7) is 0. The number of sulfonamides is 1. The lowest BCUT2D eigenvalue weighted by Gasteiger charge is -2.07. The summed E-state index contributed by atoms with van der Waals surface area (Å²) in [5, 5.41) is 1.16. The van der Waals surface area contributed by atoms with Crippen LogP contribution in [0.15, 0.2) is 94.2 Å². The number of carbonyl (C=O) groups excluding carboxylic acids is 1. The number of H-pyrrole nitrogens is 1. The van der Waals surface area contributed by atoms with Crippen LogP contribution in [0, 0.1) is 0 Å². The van der Waals surface area contributed by atoms with Crippen LogP contribution in [0.3, 0.4) is 0 Å². The second-order valence-electron chi connectivity index (χ2n) is 6.33. The number of aromatic nitrogens is 1. The largest absolute Gasteiger partial charge is 0.352 e. The first-order valence-corrected chi connectivity index (χ1v) is 10.5. The molecule has 3 aromatic carbocycles. The Kier molecular flexibility index (Phi) is 5.05. The highest BCUT2D eigenvalue weighted by atomic mass is 35.5. The molecule has 1 aromatic heterocycles. The van der Waals surface area contributed by atoms with Gasteiger partial charge in [0.2, 0.25) is 5.78 Å². The summed E-state index contributed by atoms with van der Waals surface area (Å²) >= 11 is 6.10. The topological polar surface area (TPSA) is 79.4 Å². The third kappa shape index (κ3) is 3.99. The number of hydrogen-bond donors (Lipinski definition) is 1. The summed E-state index contributed by atoms with van der Waals surface area (Å²) in [5.41, 5.74) is 1.20. The molecule has 29 heavy (non-hydrogen) atoms. The molecule has 0 aliphatic carbocycles. The first kappa shape index (κ1) is 19.1. The molecule has 0 aliphatic rings. The van der Waals surface area contributed by atoms with Gasteiger partial charge in [0.25, 0.3) is 10.0 Å². The van der Waals surface area contributed by atoms with Gasteiger partial charge in [-0.15, -0.1) is 0 Å². The number of halogens is 1. The van der Waals surface area contributed by atoms with E-state index in [1.54, 1.807) is 60.7 Å². The van der Waals surface area contributed by atoms with Gasteiger partial charge in [-0.05, 0) is 36.4 Å². The van der Waals surface area contributed by atoms with Crippen LogP contribution in [0.5, 0.6) is 0 Å². The third-order valence-corrected chi connectivity index (χ3v) is 5.89. The molecule has 0 saturated heterocycles. The molecule has 1 heterocycles. The number of aromatic amines is 1. The Morgan fingerprint density at radius 3 is 2.21 bits per heavy atom. The molecule has 144 valence electrons. The maximum Gasteiger partial charge on any atom is 0.282 e. The highest BCUT2D eigenvalue weighted by Crippen LogP contribution is 2.18. The van der Waals surface area contributed by atoms with Crippen LogP contribution in [0.2, 0.25) is 5.02 Å². The number of pyridine rings is 1. The first-order valence-electron chi connectivity index (χ1n) is 8.72. The molecule has 4 rings (SSSR count). The average molecular weight is 423 g/mol. The van der Waals surface area contributed by atoms with E-state index in [1.807, 2.05) is 6.07 Å². The number of benzene rings is 3. The van der Waals surface area contributed by atoms with Crippen LogP contribution in [0.4, 0.5) is 0 Å². The van der Waals surface area contributed by atoms with Crippen molar-refractivity contribution in [3.63, 3.8) is 0 Å². The molecule has 0 spiro atoms. The normalized spacial score (nSPS) is 12.2. The molecule has 0 atom stereocenters. The smallest absolute Gasteiger partial charge is 0.282 e. The highest BCUT2D eigenvalue weighted by Gasteiger charge is 2.15. The van der Waals surface area contributed by atoms with Gasteiger partial charge in [-0.1, -0.05) is 60.1 Å². The predicted molar refractivity (Wildman–Crippen MR) is 112 cm³/mol. The van der Waals surface area contributed by atoms with Gasteiger partial charge in [-0.3, -0.25) is 4.79 Å². The summed E-state index contributed by atoms with van der Waals surface area (Å²) in [4.78, 5) is 16.0. The molecule has 0 saturated carbocycles. The Morgan fingerprint density at radius 1 is 0.862 bits per heavy atom. The molecule has 7 heteroatoms. The number of hydrogen-bond acceptors (Lipinski definition) is 3. The minimum atomic E-state index is -3.96. The van der Waals surface area contributed by atoms with Crippen molar-refractivity contribution in [2.24, 2.45) is 4.40 Å². The number of fused-ring (bicyclic) bond motifs is 1. The first-order chi connectivity index (χ1) is 13.9. The maximum absolute atomic E-state index is 12.9. The molecule has 0 aliphatic heterocycles. The van der Waals surface area contributed by atoms with Crippen LogP contribution in [0.25, 0.3) is 10.9 Å². The molecular formula is C22H15ClN2O3S. The van der Waals surface area contributed by atoms with Gasteiger partial charge >= 0.3 is 0 Å². The lowest BCUT2D eigenvalue weighted by atomic mass is 10.1. The molecular weight excluding hydrogens is 408 g/mol. The molecule has 0 radical (unpaired) electrons. The summed E-state index contributed by atoms with van der Waals surface area (Å²) in [7, 11) is -3.96. The molecule has 0 unspecified atom stereocenters. The zero-order valence-corrected chi connectivity index (χ0v) is 16.6. The van der Waals surface area contributed by atoms with Crippen LogP contribution >= 0.6 is 11.6 Å². The zero-order valence-electron chi connectivity index (χ0n) is 15.0. The van der Waals surface area contributed by atoms with Crippen LogP contribution < -0.4 is 5.36 Å². The van der Waals surface area contributed by atoms with E-state index in [-0.39, 0.29) is 21.7 Å². The molecule has 0 amide bonds. The van der Waals surface area contributed by atoms with Crippen molar-refractivity contribution < 1.29 is 13.2 Å². The number of nitrogens with zero attached hydrogens (tertiary/aromatic N) is 1. The Bertz CT molecular complexity index is 1380. The third-order valence-electron chi connectivity index (χ3n) is 4.35. The van der Waals surface area contributed by atoms with Crippen LogP contribution in [0.1, 0.15) is 16.1 Å². The van der Waals surface area contributed by atoms with Gasteiger partial charge in [0.05, 0.1) is 15.9 Å². The van der Waals surface area contributed by atoms with Crippen molar-refractivity contribution >= 4 is 38.3 Å². The van der Waals surface area contributed by atoms with Crippen molar-refractivity contribution in [1.29, 1.82) is 0 Å². The molecule has 4 aromatic rings. The minimum absolute atomic E-state index is 0.0749. The van der Waals surface area contributed by atoms with E-state index < -0.39 is 10.0 Å². The van der Waals surface area contributed by atoms with Gasteiger partial charge in [0.1, 0.15) is 0 Å². The Morgan fingerprint density at radius 2 is 1.52 bits per heavy atom. The fraction of sp³-hybridized carbons (Fsp3) is 0. The summed E-state index contributed by atoms with van der Waals surface area (Å²) < 4.78 is 29.6. The van der Waals surface area contributed by atoms with E-state index in [0.717, 1.165) is 0 Å². The molecule has 0 fully saturated rings. The average Bonchev–Trinajstić information content (AvgIpc) is 2.74. The van der Waals surface area contributed by atoms with Crippen LogP contribution in [-0.4, -0.2) is 19.2 Å². The second kappa shape index (κ2) is 7.66. The Labute approximate surface area is 172 Å². The van der Waals surface area contributed by atoms with E-state index in [1.165, 1.54) is 18.2 Å². The van der Waals surface area contributed by atoms with Gasteiger partial charge in [-0.25, -0.2) is 0 Å². The predicted octanol–water partition coefficient (Wildman–Crippen LogP) is 4.34. The van der Waals surface area contributed by atoms with Crippen LogP contribution in [-0.2, 0) is 10.0 Å². The fourth-order valence-corrected chi connectivity index (χ4v) is 4.14. The number of nitrogens with one attached hydrogen (secondary N) is 1. The fourth-order valence-electron chi connectivity index (χ4n) is 2.96. The molecule has 0 bridgehead atoms. The standard InChI is InChI=1S/C22H15ClN2O3S/c23-16-11-12-18-19(13-16)24-21(22(26)15-7-3-1-4-8-15)14-20(18)25-29(27,28)17-9-5-2-6-10-17/h1-14H,(H,24,25). The Hall–Kier alpha value is -3.22. The van der Waals surface area contributed by atoms with Gasteiger partial charge in [0, 0.05) is 21.5 Å². The summed E-state index contributed by atoms with van der Waals surface area (Å²) in [6, 6.07) is 23.0. The van der Waals surface area contributed by atoms with Crippen molar-refractivity contribution in [3.05, 3.63) is 107 Å². The Balaban J connectivity index is 1.97. The SMILES string of the molecule is O=C(c1ccccc1)c1c/c(=N/S(=O)(=O)c2ccccc2)c2ccc(Cl)cc2[nH]1. The lowest BCUT2D eigenvalue weighted by Crippen LogP contribution is -2.14. The second-order valence-corrected chi connectivity index (χ2v) is 8.37.